The molecule has 116 valence electrons. The van der Waals surface area contributed by atoms with Crippen molar-refractivity contribution in [3.8, 4) is 0 Å². The highest BCUT2D eigenvalue weighted by molar-refractivity contribution is 6.08. The van der Waals surface area contributed by atoms with Crippen molar-refractivity contribution in [2.24, 2.45) is 0 Å². The maximum Gasteiger partial charge on any atom is 0.258 e. The van der Waals surface area contributed by atoms with Gasteiger partial charge in [-0.05, 0) is 30.3 Å². The highest BCUT2D eigenvalue weighted by Crippen LogP contribution is 2.16. The van der Waals surface area contributed by atoms with Crippen LogP contribution in [0.1, 0.15) is 26.5 Å². The van der Waals surface area contributed by atoms with E-state index in [4.69, 9.17) is 8.83 Å². The molecule has 6 heteroatoms. The summed E-state index contributed by atoms with van der Waals surface area (Å²) in [6.07, 6.45) is 4.30. The van der Waals surface area contributed by atoms with Crippen LogP contribution in [0, 0.1) is 0 Å². The normalized spacial score (nSPS) is 10.3. The van der Waals surface area contributed by atoms with Crippen LogP contribution in [0.15, 0.2) is 70.1 Å². The number of carbonyl (C=O) groups is 2. The van der Waals surface area contributed by atoms with Crippen molar-refractivity contribution in [3.05, 3.63) is 78.1 Å². The molecule has 0 atom stereocenters. The van der Waals surface area contributed by atoms with Gasteiger partial charge in [0.25, 0.3) is 11.8 Å². The van der Waals surface area contributed by atoms with Gasteiger partial charge < -0.3 is 19.5 Å². The molecule has 0 unspecified atom stereocenters. The Morgan fingerprint density at radius 1 is 0.957 bits per heavy atom. The monoisotopic (exact) mass is 310 g/mol. The molecule has 2 N–H and O–H groups in total. The minimum atomic E-state index is -0.343. The first-order valence-corrected chi connectivity index (χ1v) is 6.97. The number of amides is 2. The molecule has 1 aromatic carbocycles. The third-order valence-electron chi connectivity index (χ3n) is 3.21. The predicted molar refractivity (Wildman–Crippen MR) is 83.0 cm³/mol. The maximum absolute atomic E-state index is 12.3. The molecule has 0 aliphatic carbocycles. The van der Waals surface area contributed by atoms with Gasteiger partial charge in [-0.3, -0.25) is 9.59 Å². The Morgan fingerprint density at radius 2 is 1.83 bits per heavy atom. The first-order valence-electron chi connectivity index (χ1n) is 6.97. The fourth-order valence-corrected chi connectivity index (χ4v) is 2.05. The summed E-state index contributed by atoms with van der Waals surface area (Å²) < 4.78 is 10.0. The lowest BCUT2D eigenvalue weighted by Crippen LogP contribution is -2.24. The Bertz CT molecular complexity index is 792. The predicted octanol–water partition coefficient (Wildman–Crippen LogP) is 3.05. The smallest absolute Gasteiger partial charge is 0.258 e. The van der Waals surface area contributed by atoms with Gasteiger partial charge in [0, 0.05) is 0 Å². The second-order valence-corrected chi connectivity index (χ2v) is 4.77. The summed E-state index contributed by atoms with van der Waals surface area (Å²) in [7, 11) is 0. The summed E-state index contributed by atoms with van der Waals surface area (Å²) >= 11 is 0. The summed E-state index contributed by atoms with van der Waals surface area (Å²) in [6, 6.07) is 11.9. The summed E-state index contributed by atoms with van der Waals surface area (Å²) in [5, 5.41) is 5.45. The standard InChI is InChI=1S/C17H14N2O4/c20-16(12-7-9-22-11-12)19-15-6-2-1-5-14(15)17(21)18-10-13-4-3-8-23-13/h1-9,11H,10H2,(H,18,21)(H,19,20). The van der Waals surface area contributed by atoms with Crippen molar-refractivity contribution in [1.82, 2.24) is 5.32 Å². The Labute approximate surface area is 132 Å². The molecule has 0 saturated heterocycles. The van der Waals surface area contributed by atoms with Crippen LogP contribution in [0.4, 0.5) is 5.69 Å². The van der Waals surface area contributed by atoms with Crippen LogP contribution in [-0.2, 0) is 6.54 Å². The van der Waals surface area contributed by atoms with E-state index >= 15 is 0 Å². The minimum Gasteiger partial charge on any atom is -0.472 e. The summed E-state index contributed by atoms with van der Waals surface area (Å²) in [6.45, 7) is 0.274. The zero-order valence-electron chi connectivity index (χ0n) is 12.1. The van der Waals surface area contributed by atoms with Crippen LogP contribution < -0.4 is 10.6 Å². The largest absolute Gasteiger partial charge is 0.472 e. The number of benzene rings is 1. The van der Waals surface area contributed by atoms with Crippen LogP contribution in [0.25, 0.3) is 0 Å². The molecule has 0 radical (unpaired) electrons. The molecule has 0 spiro atoms. The Kier molecular flexibility index (Phi) is 4.24. The van der Waals surface area contributed by atoms with Crippen LogP contribution >= 0.6 is 0 Å². The van der Waals surface area contributed by atoms with Gasteiger partial charge >= 0.3 is 0 Å². The van der Waals surface area contributed by atoms with Crippen molar-refractivity contribution in [3.63, 3.8) is 0 Å². The Morgan fingerprint density at radius 3 is 2.57 bits per heavy atom. The maximum atomic E-state index is 12.3. The molecule has 3 rings (SSSR count). The first kappa shape index (κ1) is 14.6. The van der Waals surface area contributed by atoms with Gasteiger partial charge in [0.2, 0.25) is 0 Å². The molecule has 2 heterocycles. The number of para-hydroxylation sites is 1. The van der Waals surface area contributed by atoms with E-state index in [1.807, 2.05) is 0 Å². The third kappa shape index (κ3) is 3.49. The number of carbonyl (C=O) groups excluding carboxylic acids is 2. The molecular weight excluding hydrogens is 296 g/mol. The molecule has 6 nitrogen and oxygen atoms in total. The van der Waals surface area contributed by atoms with E-state index in [0.29, 0.717) is 22.6 Å². The molecule has 2 amide bonds. The molecule has 0 saturated carbocycles. The average Bonchev–Trinajstić information content (AvgIpc) is 3.26. The van der Waals surface area contributed by atoms with Gasteiger partial charge in [0.15, 0.2) is 0 Å². The van der Waals surface area contributed by atoms with Crippen molar-refractivity contribution in [2.75, 3.05) is 5.32 Å². The number of hydrogen-bond acceptors (Lipinski definition) is 4. The summed E-state index contributed by atoms with van der Waals surface area (Å²) in [5.41, 5.74) is 1.18. The van der Waals surface area contributed by atoms with Crippen molar-refractivity contribution in [2.45, 2.75) is 6.54 Å². The Balaban J connectivity index is 1.72. The topological polar surface area (TPSA) is 84.5 Å². The van der Waals surface area contributed by atoms with Gasteiger partial charge in [-0.2, -0.15) is 0 Å². The van der Waals surface area contributed by atoms with E-state index in [1.165, 1.54) is 12.5 Å². The van der Waals surface area contributed by atoms with Crippen molar-refractivity contribution < 1.29 is 18.4 Å². The lowest BCUT2D eigenvalue weighted by molar-refractivity contribution is 0.0949. The van der Waals surface area contributed by atoms with Crippen molar-refractivity contribution >= 4 is 17.5 Å². The number of nitrogens with one attached hydrogen (secondary N) is 2. The molecule has 2 aromatic heterocycles. The number of rotatable bonds is 5. The molecule has 0 fully saturated rings. The highest BCUT2D eigenvalue weighted by atomic mass is 16.3. The van der Waals surface area contributed by atoms with E-state index < -0.39 is 0 Å². The molecular formula is C17H14N2O4. The van der Waals surface area contributed by atoms with E-state index in [-0.39, 0.29) is 18.4 Å². The molecule has 0 aliphatic heterocycles. The molecule has 0 aliphatic rings. The first-order chi connectivity index (χ1) is 11.2. The van der Waals surface area contributed by atoms with Crippen LogP contribution in [0.2, 0.25) is 0 Å². The molecule has 0 bridgehead atoms. The fourth-order valence-electron chi connectivity index (χ4n) is 2.05. The summed E-state index contributed by atoms with van der Waals surface area (Å²) in [5.74, 6) is 0.00721. The Hall–Kier alpha value is -3.28. The molecule has 23 heavy (non-hydrogen) atoms. The zero-order valence-corrected chi connectivity index (χ0v) is 12.1. The molecule has 3 aromatic rings. The van der Waals surface area contributed by atoms with E-state index in [2.05, 4.69) is 10.6 Å². The van der Waals surface area contributed by atoms with Gasteiger partial charge in [-0.1, -0.05) is 12.1 Å². The lowest BCUT2D eigenvalue weighted by Gasteiger charge is -2.10. The highest BCUT2D eigenvalue weighted by Gasteiger charge is 2.14. The number of hydrogen-bond donors (Lipinski definition) is 2. The quantitative estimate of drug-likeness (QED) is 0.758. The van der Waals surface area contributed by atoms with Crippen molar-refractivity contribution in [1.29, 1.82) is 0 Å². The average molecular weight is 310 g/mol. The van der Waals surface area contributed by atoms with Gasteiger partial charge in [-0.25, -0.2) is 0 Å². The number of furan rings is 2. The minimum absolute atomic E-state index is 0.274. The van der Waals surface area contributed by atoms with E-state index in [9.17, 15) is 9.59 Å². The third-order valence-corrected chi connectivity index (χ3v) is 3.21. The van der Waals surface area contributed by atoms with Crippen LogP contribution in [-0.4, -0.2) is 11.8 Å². The van der Waals surface area contributed by atoms with Crippen LogP contribution in [0.5, 0.6) is 0 Å². The summed E-state index contributed by atoms with van der Waals surface area (Å²) in [4.78, 5) is 24.4. The van der Waals surface area contributed by atoms with Crippen LogP contribution in [0.3, 0.4) is 0 Å². The fraction of sp³-hybridized carbons (Fsp3) is 0.0588. The second kappa shape index (κ2) is 6.65. The van der Waals surface area contributed by atoms with E-state index in [0.717, 1.165) is 0 Å². The van der Waals surface area contributed by atoms with E-state index in [1.54, 1.807) is 48.7 Å². The van der Waals surface area contributed by atoms with Gasteiger partial charge in [0.05, 0.1) is 35.9 Å². The van der Waals surface area contributed by atoms with Gasteiger partial charge in [-0.15, -0.1) is 0 Å². The van der Waals surface area contributed by atoms with Gasteiger partial charge in [0.1, 0.15) is 12.0 Å². The lowest BCUT2D eigenvalue weighted by atomic mass is 10.1. The number of anilines is 1. The SMILES string of the molecule is O=C(Nc1ccccc1C(=O)NCc1ccco1)c1ccoc1. The zero-order chi connectivity index (χ0) is 16.1. The second-order valence-electron chi connectivity index (χ2n) is 4.77.